The summed E-state index contributed by atoms with van der Waals surface area (Å²) in [4.78, 5) is 0. The Labute approximate surface area is 151 Å². The quantitative estimate of drug-likeness (QED) is 0.609. The Morgan fingerprint density at radius 1 is 0.708 bits per heavy atom. The van der Waals surface area contributed by atoms with Gasteiger partial charge in [0.25, 0.3) is 0 Å². The summed E-state index contributed by atoms with van der Waals surface area (Å²) in [7, 11) is -2.63. The van der Waals surface area contributed by atoms with Crippen molar-refractivity contribution >= 4 is 16.1 Å². The first-order valence-electron chi connectivity index (χ1n) is 9.76. The van der Waals surface area contributed by atoms with Gasteiger partial charge in [-0.15, -0.1) is 0 Å². The van der Waals surface area contributed by atoms with E-state index in [0.717, 1.165) is 0 Å². The first-order chi connectivity index (χ1) is 10.7. The molecule has 0 aliphatic carbocycles. The molecule has 2 fully saturated rings. The monoisotopic (exact) mass is 360 g/mol. The fourth-order valence-corrected chi connectivity index (χ4v) is 13.5. The third kappa shape index (κ3) is 1.77. The van der Waals surface area contributed by atoms with Crippen molar-refractivity contribution < 1.29 is 0 Å². The van der Waals surface area contributed by atoms with Gasteiger partial charge in [-0.3, -0.25) is 10.0 Å². The number of hydrogen-bond donors (Lipinski definition) is 0. The molecule has 0 aromatic heterocycles. The van der Waals surface area contributed by atoms with E-state index in [2.05, 4.69) is 77.0 Å². The fourth-order valence-electron chi connectivity index (χ4n) is 7.15. The molecule has 4 rings (SSSR count). The van der Waals surface area contributed by atoms with Crippen molar-refractivity contribution in [2.75, 3.05) is 0 Å². The van der Waals surface area contributed by atoms with E-state index in [-0.39, 0.29) is 0 Å². The molecule has 4 aliphatic rings. The number of nitrogens with zero attached hydrogens (tertiary/aromatic N) is 2. The Bertz CT molecular complexity index is 627. The maximum Gasteiger partial charge on any atom is 0.0756 e. The molecule has 4 heteroatoms. The van der Waals surface area contributed by atoms with E-state index in [0.29, 0.717) is 22.9 Å². The molecule has 2 unspecified atom stereocenters. The van der Waals surface area contributed by atoms with Crippen LogP contribution in [0.15, 0.2) is 21.8 Å². The third-order valence-corrected chi connectivity index (χ3v) is 12.1. The van der Waals surface area contributed by atoms with Gasteiger partial charge in [-0.2, -0.15) is 0 Å². The van der Waals surface area contributed by atoms with Crippen LogP contribution in [-0.4, -0.2) is 38.2 Å². The van der Waals surface area contributed by atoms with Crippen molar-refractivity contribution in [2.45, 2.75) is 91.9 Å². The molecular weight excluding hydrogens is 324 g/mol. The van der Waals surface area contributed by atoms with Crippen LogP contribution in [0.4, 0.5) is 0 Å². The van der Waals surface area contributed by atoms with Crippen molar-refractivity contribution in [3.05, 3.63) is 21.8 Å². The summed E-state index contributed by atoms with van der Waals surface area (Å²) in [5, 5.41) is 9.30. The summed E-state index contributed by atoms with van der Waals surface area (Å²) in [6, 6.07) is 1.39. The third-order valence-electron chi connectivity index (χ3n) is 7.19. The lowest BCUT2D eigenvalue weighted by Gasteiger charge is -2.38. The van der Waals surface area contributed by atoms with Gasteiger partial charge < -0.3 is 0 Å². The number of hydrogen-bond acceptors (Lipinski definition) is 2. The molecule has 0 amide bonds. The average Bonchev–Trinajstić information content (AvgIpc) is 2.94. The lowest BCUT2D eigenvalue weighted by atomic mass is 9.77. The molecule has 0 aromatic carbocycles. The lowest BCUT2D eigenvalue weighted by molar-refractivity contribution is 0.0548. The van der Waals surface area contributed by atoms with Crippen LogP contribution in [0.3, 0.4) is 0 Å². The maximum atomic E-state index is 2.79. The molecule has 0 aromatic rings. The summed E-state index contributed by atoms with van der Waals surface area (Å²) in [5.41, 5.74) is 4.14. The van der Waals surface area contributed by atoms with Gasteiger partial charge in [0.15, 0.2) is 0 Å². The highest BCUT2D eigenvalue weighted by Gasteiger charge is 2.66. The smallest absolute Gasteiger partial charge is 0.0756 e. The van der Waals surface area contributed by atoms with Gasteiger partial charge >= 0.3 is 0 Å². The summed E-state index contributed by atoms with van der Waals surface area (Å²) in [6.07, 6.45) is 2.56. The molecule has 134 valence electrons. The molecule has 0 N–H and O–H groups in total. The van der Waals surface area contributed by atoms with E-state index < -0.39 is 16.1 Å². The van der Waals surface area contributed by atoms with Crippen molar-refractivity contribution in [1.29, 1.82) is 0 Å². The lowest BCUT2D eigenvalue weighted by Crippen LogP contribution is -2.41. The van der Waals surface area contributed by atoms with Gasteiger partial charge in [0.2, 0.25) is 0 Å². The van der Waals surface area contributed by atoms with E-state index >= 15 is 0 Å². The zero-order valence-corrected chi connectivity index (χ0v) is 19.5. The van der Waals surface area contributed by atoms with Crippen LogP contribution in [0.2, 0.25) is 39.3 Å². The van der Waals surface area contributed by atoms with Gasteiger partial charge in [0.1, 0.15) is 0 Å². The molecule has 2 nitrogen and oxygen atoms in total. The zero-order chi connectivity index (χ0) is 18.0. The van der Waals surface area contributed by atoms with Gasteiger partial charge in [-0.25, -0.2) is 0 Å². The Hall–Kier alpha value is -0.486. The van der Waals surface area contributed by atoms with E-state index in [1.54, 1.807) is 11.4 Å². The van der Waals surface area contributed by atoms with Gasteiger partial charge in [0.05, 0.1) is 28.2 Å². The van der Waals surface area contributed by atoms with Crippen LogP contribution < -0.4 is 0 Å². The van der Waals surface area contributed by atoms with E-state index in [1.165, 1.54) is 12.8 Å². The number of rotatable bonds is 2. The van der Waals surface area contributed by atoms with Crippen LogP contribution >= 0.6 is 0 Å². The Kier molecular flexibility index (Phi) is 3.00. The van der Waals surface area contributed by atoms with Crippen LogP contribution in [0.1, 0.15) is 40.5 Å². The molecule has 2 saturated heterocycles. The Morgan fingerprint density at radius 3 is 1.33 bits per heavy atom. The first kappa shape index (κ1) is 17.0. The normalized spacial score (nSPS) is 33.2. The topological polar surface area (TPSA) is 6.48 Å². The molecule has 4 aliphatic heterocycles. The molecule has 0 saturated carbocycles. The minimum Gasteiger partial charge on any atom is -0.286 e. The second-order valence-electron chi connectivity index (χ2n) is 11.7. The molecule has 24 heavy (non-hydrogen) atoms. The highest BCUT2D eigenvalue weighted by atomic mass is 28.3. The molecule has 0 radical (unpaired) electrons. The Balaban J connectivity index is 1.97. The predicted octanol–water partition coefficient (Wildman–Crippen LogP) is 5.39. The fraction of sp³-hybridized carbons (Fsp3) is 0.800. The van der Waals surface area contributed by atoms with Gasteiger partial charge in [-0.1, -0.05) is 77.4 Å². The van der Waals surface area contributed by atoms with E-state index in [4.69, 9.17) is 0 Å². The minimum absolute atomic E-state index is 0.352. The molecule has 2 atom stereocenters. The summed E-state index contributed by atoms with van der Waals surface area (Å²) < 4.78 is 0. The van der Waals surface area contributed by atoms with Crippen LogP contribution in [0.5, 0.6) is 0 Å². The number of hydrazine groups is 1. The highest BCUT2D eigenvalue weighted by molar-refractivity contribution is 6.84. The second-order valence-corrected chi connectivity index (χ2v) is 21.7. The van der Waals surface area contributed by atoms with Crippen molar-refractivity contribution in [2.24, 2.45) is 10.8 Å². The standard InChI is InChI=1S/C20H36N2Si2/c1-19(2)15-12-16-20(3,4)18(24(8,9)10)14-11-13(21(15)22(14)16)17(19)23(5,6)7/h15-16H,11-12H2,1-10H3. The zero-order valence-electron chi connectivity index (χ0n) is 17.5. The second kappa shape index (κ2) is 4.25. The highest BCUT2D eigenvalue weighted by Crippen LogP contribution is 2.65. The van der Waals surface area contributed by atoms with Crippen molar-refractivity contribution in [1.82, 2.24) is 10.0 Å². The average molecular weight is 361 g/mol. The van der Waals surface area contributed by atoms with Crippen molar-refractivity contribution in [3.8, 4) is 0 Å². The molecule has 0 bridgehead atoms. The van der Waals surface area contributed by atoms with Crippen LogP contribution in [0, 0.1) is 10.8 Å². The van der Waals surface area contributed by atoms with Gasteiger partial charge in [-0.05, 0) is 6.42 Å². The molecular formula is C20H36N2Si2. The molecule has 4 heterocycles. The molecule has 0 spiro atoms. The van der Waals surface area contributed by atoms with Gasteiger partial charge in [0, 0.05) is 28.6 Å². The van der Waals surface area contributed by atoms with E-state index in [9.17, 15) is 0 Å². The van der Waals surface area contributed by atoms with Crippen molar-refractivity contribution in [3.63, 3.8) is 0 Å². The summed E-state index contributed by atoms with van der Waals surface area (Å²) in [6.45, 7) is 25.5. The minimum atomic E-state index is -1.31. The SMILES string of the molecule is CC1(C)C([Si](C)(C)C)=C2CC3=C([Si](C)(C)C)C(C)(C)C4CC1N2N34. The maximum absolute atomic E-state index is 2.79. The summed E-state index contributed by atoms with van der Waals surface area (Å²) in [5.74, 6) is 0. The van der Waals surface area contributed by atoms with Crippen LogP contribution in [0.25, 0.3) is 0 Å². The Morgan fingerprint density at radius 2 is 1.04 bits per heavy atom. The first-order valence-corrected chi connectivity index (χ1v) is 16.8. The predicted molar refractivity (Wildman–Crippen MR) is 109 cm³/mol. The van der Waals surface area contributed by atoms with E-state index in [1.807, 2.05) is 10.4 Å². The summed E-state index contributed by atoms with van der Waals surface area (Å²) >= 11 is 0. The van der Waals surface area contributed by atoms with Crippen LogP contribution in [-0.2, 0) is 0 Å². The largest absolute Gasteiger partial charge is 0.286 e.